The lowest BCUT2D eigenvalue weighted by molar-refractivity contribution is 0.0983. The Balaban J connectivity index is 1.72. The molecule has 2 aromatic heterocycles. The van der Waals surface area contributed by atoms with Gasteiger partial charge < -0.3 is 14.2 Å². The van der Waals surface area contributed by atoms with Gasteiger partial charge in [0.15, 0.2) is 0 Å². The topological polar surface area (TPSA) is 79.3 Å². The fourth-order valence-corrected chi connectivity index (χ4v) is 5.45. The average Bonchev–Trinajstić information content (AvgIpc) is 3.29. The fourth-order valence-electron chi connectivity index (χ4n) is 5.45. The van der Waals surface area contributed by atoms with E-state index in [0.29, 0.717) is 5.75 Å². The van der Waals surface area contributed by atoms with Gasteiger partial charge >= 0.3 is 0 Å². The smallest absolute Gasteiger partial charge is 0.252 e. The van der Waals surface area contributed by atoms with Crippen LogP contribution in [0.3, 0.4) is 0 Å². The summed E-state index contributed by atoms with van der Waals surface area (Å²) < 4.78 is 23.3. The first-order valence-electron chi connectivity index (χ1n) is 13.1. The summed E-state index contributed by atoms with van der Waals surface area (Å²) >= 11 is 0. The van der Waals surface area contributed by atoms with Crippen LogP contribution in [-0.4, -0.2) is 50.5 Å². The van der Waals surface area contributed by atoms with Crippen LogP contribution in [0.15, 0.2) is 35.3 Å². The largest absolute Gasteiger partial charge is 0.491 e. The highest BCUT2D eigenvalue weighted by molar-refractivity contribution is 5.88. The Morgan fingerprint density at radius 3 is 2.54 bits per heavy atom. The predicted molar refractivity (Wildman–Crippen MR) is 143 cm³/mol. The number of rotatable bonds is 8. The Morgan fingerprint density at radius 2 is 1.89 bits per heavy atom. The van der Waals surface area contributed by atoms with Crippen molar-refractivity contribution in [3.8, 4) is 11.8 Å². The van der Waals surface area contributed by atoms with Gasteiger partial charge in [-0.2, -0.15) is 10.4 Å². The van der Waals surface area contributed by atoms with Crippen molar-refractivity contribution in [3.63, 3.8) is 0 Å². The molecule has 0 saturated carbocycles. The number of aromatic nitrogens is 3. The molecular weight excluding hydrogens is 471 g/mol. The first-order chi connectivity index (χ1) is 17.7. The number of hydrogen-bond acceptors (Lipinski definition) is 6. The number of benzene rings is 1. The lowest BCUT2D eigenvalue weighted by Crippen LogP contribution is -2.58. The number of ether oxygens (including phenoxy) is 1. The molecule has 1 aromatic carbocycles. The number of nitrogens with zero attached hydrogens (tertiary/aromatic N) is 6. The highest BCUT2D eigenvalue weighted by Gasteiger charge is 2.37. The SMILES string of the molecule is CC[C@H]1CN(C(C)c2ccc(F)cc2OC(C)C)[C@H](CC)CN1c1cc(=O)n(C)c2cn(CC#N)nc12. The summed E-state index contributed by atoms with van der Waals surface area (Å²) in [5, 5.41) is 13.8. The molecule has 1 aliphatic rings. The van der Waals surface area contributed by atoms with Gasteiger partial charge in [-0.15, -0.1) is 0 Å². The van der Waals surface area contributed by atoms with E-state index in [9.17, 15) is 9.18 Å². The maximum Gasteiger partial charge on any atom is 0.252 e. The van der Waals surface area contributed by atoms with E-state index in [4.69, 9.17) is 10.00 Å². The van der Waals surface area contributed by atoms with Crippen molar-refractivity contribution in [2.24, 2.45) is 7.05 Å². The highest BCUT2D eigenvalue weighted by atomic mass is 19.1. The normalized spacial score (nSPS) is 19.4. The van der Waals surface area contributed by atoms with Crippen molar-refractivity contribution >= 4 is 16.7 Å². The molecule has 37 heavy (non-hydrogen) atoms. The number of anilines is 1. The summed E-state index contributed by atoms with van der Waals surface area (Å²) in [6.45, 7) is 12.0. The van der Waals surface area contributed by atoms with E-state index >= 15 is 0 Å². The van der Waals surface area contributed by atoms with Crippen LogP contribution in [0.2, 0.25) is 0 Å². The van der Waals surface area contributed by atoms with Crippen LogP contribution in [0.5, 0.6) is 5.75 Å². The van der Waals surface area contributed by atoms with Crippen LogP contribution in [-0.2, 0) is 13.6 Å². The van der Waals surface area contributed by atoms with Gasteiger partial charge in [0.1, 0.15) is 23.6 Å². The quantitative estimate of drug-likeness (QED) is 0.442. The Kier molecular flexibility index (Phi) is 7.88. The second kappa shape index (κ2) is 10.9. The molecule has 1 fully saturated rings. The number of fused-ring (bicyclic) bond motifs is 1. The molecule has 198 valence electrons. The van der Waals surface area contributed by atoms with Crippen molar-refractivity contribution < 1.29 is 9.13 Å². The molecule has 9 heteroatoms. The minimum Gasteiger partial charge on any atom is -0.491 e. The van der Waals surface area contributed by atoms with Crippen LogP contribution < -0.4 is 15.2 Å². The van der Waals surface area contributed by atoms with Crippen molar-refractivity contribution in [2.45, 2.75) is 78.2 Å². The van der Waals surface area contributed by atoms with Gasteiger partial charge in [-0.1, -0.05) is 19.9 Å². The van der Waals surface area contributed by atoms with Gasteiger partial charge in [0, 0.05) is 56.0 Å². The summed E-state index contributed by atoms with van der Waals surface area (Å²) in [7, 11) is 1.73. The second-order valence-corrected chi connectivity index (χ2v) is 10.1. The van der Waals surface area contributed by atoms with Crippen LogP contribution in [0.25, 0.3) is 11.0 Å². The van der Waals surface area contributed by atoms with E-state index < -0.39 is 0 Å². The highest BCUT2D eigenvalue weighted by Crippen LogP contribution is 2.37. The molecule has 3 aromatic rings. The van der Waals surface area contributed by atoms with Crippen molar-refractivity contribution in [1.82, 2.24) is 19.2 Å². The Hall–Kier alpha value is -3.38. The zero-order valence-corrected chi connectivity index (χ0v) is 22.6. The zero-order valence-electron chi connectivity index (χ0n) is 22.6. The molecule has 0 aliphatic carbocycles. The summed E-state index contributed by atoms with van der Waals surface area (Å²) in [5.41, 5.74) is 3.15. The first-order valence-corrected chi connectivity index (χ1v) is 13.1. The molecule has 0 spiro atoms. The van der Waals surface area contributed by atoms with E-state index in [1.807, 2.05) is 19.9 Å². The van der Waals surface area contributed by atoms with Crippen molar-refractivity contribution in [1.29, 1.82) is 5.26 Å². The summed E-state index contributed by atoms with van der Waals surface area (Å²) in [6, 6.07) is 9.00. The molecule has 0 amide bonds. The van der Waals surface area contributed by atoms with Gasteiger partial charge in [0.05, 0.1) is 29.6 Å². The average molecular weight is 509 g/mol. The zero-order chi connectivity index (χ0) is 26.9. The van der Waals surface area contributed by atoms with Crippen LogP contribution in [0, 0.1) is 17.1 Å². The van der Waals surface area contributed by atoms with E-state index in [2.05, 4.69) is 41.7 Å². The van der Waals surface area contributed by atoms with Crippen LogP contribution in [0.1, 0.15) is 59.1 Å². The molecule has 1 saturated heterocycles. The lowest BCUT2D eigenvalue weighted by Gasteiger charge is -2.49. The Bertz CT molecular complexity index is 1360. The van der Waals surface area contributed by atoms with Gasteiger partial charge in [0.2, 0.25) is 0 Å². The number of hydrogen-bond donors (Lipinski definition) is 0. The Labute approximate surface area is 217 Å². The lowest BCUT2D eigenvalue weighted by atomic mass is 9.96. The van der Waals surface area contributed by atoms with Crippen LogP contribution in [0.4, 0.5) is 10.1 Å². The monoisotopic (exact) mass is 508 g/mol. The van der Waals surface area contributed by atoms with E-state index in [1.54, 1.807) is 28.6 Å². The molecule has 0 bridgehead atoms. The molecule has 1 aliphatic heterocycles. The van der Waals surface area contributed by atoms with Gasteiger partial charge in [-0.25, -0.2) is 4.39 Å². The predicted octanol–water partition coefficient (Wildman–Crippen LogP) is 4.63. The minimum atomic E-state index is -0.305. The van der Waals surface area contributed by atoms with Crippen molar-refractivity contribution in [3.05, 3.63) is 52.2 Å². The van der Waals surface area contributed by atoms with Crippen LogP contribution >= 0.6 is 0 Å². The van der Waals surface area contributed by atoms with E-state index in [-0.39, 0.29) is 42.2 Å². The standard InChI is InChI=1S/C28H37FN6O2/c1-7-21-16-35(24-14-27(36)32(6)25-17-33(12-11-30)31-28(24)25)22(8-2)15-34(21)19(5)23-10-9-20(29)13-26(23)37-18(3)4/h9-10,13-14,17-19,21-22H,7-8,12,15-16H2,1-6H3/t19?,21-,22+/m1/s1. The second-order valence-electron chi connectivity index (χ2n) is 10.1. The first kappa shape index (κ1) is 26.7. The molecule has 8 nitrogen and oxygen atoms in total. The van der Waals surface area contributed by atoms with E-state index in [0.717, 1.165) is 48.2 Å². The maximum absolute atomic E-state index is 14.1. The third kappa shape index (κ3) is 5.21. The number of pyridine rings is 1. The van der Waals surface area contributed by atoms with Gasteiger partial charge in [0.25, 0.3) is 5.56 Å². The van der Waals surface area contributed by atoms with Crippen molar-refractivity contribution in [2.75, 3.05) is 18.0 Å². The third-order valence-corrected chi connectivity index (χ3v) is 7.45. The van der Waals surface area contributed by atoms with Gasteiger partial charge in [-0.3, -0.25) is 14.4 Å². The minimum absolute atomic E-state index is 0.0222. The molecule has 3 heterocycles. The number of piperazine rings is 1. The van der Waals surface area contributed by atoms with E-state index in [1.165, 1.54) is 12.1 Å². The summed E-state index contributed by atoms with van der Waals surface area (Å²) in [6.07, 6.45) is 3.51. The molecule has 0 radical (unpaired) electrons. The number of nitriles is 1. The molecule has 4 rings (SSSR count). The fraction of sp³-hybridized carbons (Fsp3) is 0.536. The number of halogens is 1. The molecule has 3 atom stereocenters. The third-order valence-electron chi connectivity index (χ3n) is 7.45. The summed E-state index contributed by atoms with van der Waals surface area (Å²) in [4.78, 5) is 17.7. The maximum atomic E-state index is 14.1. The molecule has 0 N–H and O–H groups in total. The summed E-state index contributed by atoms with van der Waals surface area (Å²) in [5.74, 6) is 0.282. The Morgan fingerprint density at radius 1 is 1.16 bits per heavy atom. The molecule has 1 unspecified atom stereocenters. The molecular formula is C28H37FN6O2. The van der Waals surface area contributed by atoms with Gasteiger partial charge in [-0.05, 0) is 39.7 Å². The number of aryl methyl sites for hydroxylation is 1.